The Labute approximate surface area is 89.9 Å². The zero-order chi connectivity index (χ0) is 11.3. The molecule has 0 aliphatic heterocycles. The molecule has 0 radical (unpaired) electrons. The van der Waals surface area contributed by atoms with E-state index in [2.05, 4.69) is 11.8 Å². The van der Waals surface area contributed by atoms with Gasteiger partial charge in [-0.15, -0.1) is 5.92 Å². The van der Waals surface area contributed by atoms with Gasteiger partial charge in [0.25, 0.3) is 0 Å². The number of hydrogen-bond donors (Lipinski definition) is 1. The largest absolute Gasteiger partial charge is 0.508 e. The van der Waals surface area contributed by atoms with Crippen LogP contribution < -0.4 is 0 Å². The average molecular weight is 202 g/mol. The van der Waals surface area contributed by atoms with Crippen molar-refractivity contribution in [2.45, 2.75) is 26.2 Å². The van der Waals surface area contributed by atoms with Gasteiger partial charge in [-0.25, -0.2) is 0 Å². The summed E-state index contributed by atoms with van der Waals surface area (Å²) < 4.78 is 0. The van der Waals surface area contributed by atoms with Gasteiger partial charge in [-0.05, 0) is 31.5 Å². The van der Waals surface area contributed by atoms with E-state index in [1.165, 1.54) is 0 Å². The molecule has 1 aromatic carbocycles. The molecule has 0 fully saturated rings. The summed E-state index contributed by atoms with van der Waals surface area (Å²) in [6, 6.07) is 6.89. The van der Waals surface area contributed by atoms with E-state index < -0.39 is 0 Å². The minimum absolute atomic E-state index is 0.103. The molecule has 0 bridgehead atoms. The maximum atomic E-state index is 11.1. The number of phenolic OH excluding ortho intramolecular Hbond substituents is 1. The van der Waals surface area contributed by atoms with Crippen molar-refractivity contribution >= 4 is 5.78 Å². The van der Waals surface area contributed by atoms with Gasteiger partial charge in [-0.2, -0.15) is 0 Å². The molecule has 0 aliphatic carbocycles. The zero-order valence-electron chi connectivity index (χ0n) is 8.95. The van der Waals surface area contributed by atoms with E-state index in [9.17, 15) is 9.90 Å². The molecule has 1 atom stereocenters. The summed E-state index contributed by atoms with van der Waals surface area (Å²) in [4.78, 5) is 11.1. The number of carbonyl (C=O) groups excluding carboxylic acids is 1. The molecular formula is C13H14O2. The van der Waals surface area contributed by atoms with Crippen molar-refractivity contribution in [3.63, 3.8) is 0 Å². The first-order valence-corrected chi connectivity index (χ1v) is 4.84. The summed E-state index contributed by atoms with van der Waals surface area (Å²) in [7, 11) is 0. The molecule has 78 valence electrons. The standard InChI is InChI=1S/C13H14O2/c1-3-5-11(8-10(2)14)12-6-4-7-13(15)9-12/h4,6-7,9,11,15H,8H2,1-2H3. The summed E-state index contributed by atoms with van der Waals surface area (Å²) in [6.07, 6.45) is 0.393. The monoisotopic (exact) mass is 202 g/mol. The van der Waals surface area contributed by atoms with Crippen LogP contribution in [0.15, 0.2) is 24.3 Å². The zero-order valence-corrected chi connectivity index (χ0v) is 8.95. The second kappa shape index (κ2) is 5.21. The number of carbonyl (C=O) groups is 1. The Morgan fingerprint density at radius 2 is 2.27 bits per heavy atom. The molecule has 1 rings (SSSR count). The normalized spacial score (nSPS) is 11.3. The fourth-order valence-corrected chi connectivity index (χ4v) is 1.46. The summed E-state index contributed by atoms with van der Waals surface area (Å²) in [5, 5.41) is 9.33. The van der Waals surface area contributed by atoms with Gasteiger partial charge in [0, 0.05) is 6.42 Å². The molecule has 0 saturated heterocycles. The van der Waals surface area contributed by atoms with E-state index in [1.807, 2.05) is 6.07 Å². The number of benzene rings is 1. The lowest BCUT2D eigenvalue weighted by atomic mass is 9.94. The summed E-state index contributed by atoms with van der Waals surface area (Å²) in [5.41, 5.74) is 0.888. The van der Waals surface area contributed by atoms with Crippen LogP contribution in [0.5, 0.6) is 5.75 Å². The third-order valence-corrected chi connectivity index (χ3v) is 2.08. The van der Waals surface area contributed by atoms with Gasteiger partial charge in [0.1, 0.15) is 11.5 Å². The number of aromatic hydroxyl groups is 1. The summed E-state index contributed by atoms with van der Waals surface area (Å²) >= 11 is 0. The van der Waals surface area contributed by atoms with Gasteiger partial charge < -0.3 is 5.11 Å². The van der Waals surface area contributed by atoms with Gasteiger partial charge in [0.05, 0.1) is 5.92 Å². The van der Waals surface area contributed by atoms with Gasteiger partial charge in [0.2, 0.25) is 0 Å². The third-order valence-electron chi connectivity index (χ3n) is 2.08. The lowest BCUT2D eigenvalue weighted by Gasteiger charge is -2.09. The van der Waals surface area contributed by atoms with Gasteiger partial charge >= 0.3 is 0 Å². The number of hydrogen-bond acceptors (Lipinski definition) is 2. The van der Waals surface area contributed by atoms with Crippen LogP contribution >= 0.6 is 0 Å². The molecule has 2 nitrogen and oxygen atoms in total. The summed E-state index contributed by atoms with van der Waals surface area (Å²) in [6.45, 7) is 3.29. The van der Waals surface area contributed by atoms with E-state index >= 15 is 0 Å². The van der Waals surface area contributed by atoms with Crippen molar-refractivity contribution in [2.75, 3.05) is 0 Å². The molecule has 2 heteroatoms. The molecule has 1 unspecified atom stereocenters. The van der Waals surface area contributed by atoms with E-state index in [0.29, 0.717) is 6.42 Å². The van der Waals surface area contributed by atoms with Crippen molar-refractivity contribution in [1.29, 1.82) is 0 Å². The minimum Gasteiger partial charge on any atom is -0.508 e. The first kappa shape index (κ1) is 11.3. The number of Topliss-reactive ketones (excluding diaryl/α,β-unsaturated/α-hetero) is 1. The van der Waals surface area contributed by atoms with Crippen LogP contribution in [0.4, 0.5) is 0 Å². The van der Waals surface area contributed by atoms with Crippen molar-refractivity contribution in [2.24, 2.45) is 0 Å². The lowest BCUT2D eigenvalue weighted by molar-refractivity contribution is -0.117. The maximum Gasteiger partial charge on any atom is 0.131 e. The van der Waals surface area contributed by atoms with E-state index in [-0.39, 0.29) is 17.5 Å². The van der Waals surface area contributed by atoms with Crippen LogP contribution in [0.3, 0.4) is 0 Å². The number of phenols is 1. The van der Waals surface area contributed by atoms with Crippen LogP contribution in [-0.4, -0.2) is 10.9 Å². The molecule has 0 aliphatic rings. The minimum atomic E-state index is -0.111. The lowest BCUT2D eigenvalue weighted by Crippen LogP contribution is -2.02. The molecular weight excluding hydrogens is 188 g/mol. The molecule has 0 amide bonds. The molecule has 1 N–H and O–H groups in total. The van der Waals surface area contributed by atoms with Crippen molar-refractivity contribution in [3.8, 4) is 17.6 Å². The Bertz CT molecular complexity index is 410. The molecule has 0 saturated carbocycles. The Morgan fingerprint density at radius 1 is 1.53 bits per heavy atom. The second-order valence-electron chi connectivity index (χ2n) is 3.45. The highest BCUT2D eigenvalue weighted by Gasteiger charge is 2.11. The molecule has 0 aromatic heterocycles. The highest BCUT2D eigenvalue weighted by Crippen LogP contribution is 2.22. The van der Waals surface area contributed by atoms with Crippen LogP contribution in [-0.2, 0) is 4.79 Å². The van der Waals surface area contributed by atoms with Crippen LogP contribution in [0.2, 0.25) is 0 Å². The number of ketones is 1. The molecule has 1 aromatic rings. The van der Waals surface area contributed by atoms with E-state index in [0.717, 1.165) is 5.56 Å². The Hall–Kier alpha value is -1.75. The predicted molar refractivity (Wildman–Crippen MR) is 59.6 cm³/mol. The van der Waals surface area contributed by atoms with Crippen molar-refractivity contribution < 1.29 is 9.90 Å². The first-order valence-electron chi connectivity index (χ1n) is 4.84. The van der Waals surface area contributed by atoms with E-state index in [1.54, 1.807) is 32.0 Å². The maximum absolute atomic E-state index is 11.1. The third kappa shape index (κ3) is 3.47. The first-order chi connectivity index (χ1) is 7.13. The number of rotatable bonds is 3. The quantitative estimate of drug-likeness (QED) is 0.764. The van der Waals surface area contributed by atoms with Crippen LogP contribution in [0.1, 0.15) is 31.7 Å². The highest BCUT2D eigenvalue weighted by molar-refractivity contribution is 5.77. The molecule has 0 heterocycles. The Kier molecular flexibility index (Phi) is 3.93. The Morgan fingerprint density at radius 3 is 2.80 bits per heavy atom. The Balaban J connectivity index is 2.96. The topological polar surface area (TPSA) is 37.3 Å². The SMILES string of the molecule is CC#CC(CC(C)=O)c1cccc(O)c1. The van der Waals surface area contributed by atoms with Crippen molar-refractivity contribution in [3.05, 3.63) is 29.8 Å². The van der Waals surface area contributed by atoms with Gasteiger partial charge in [0.15, 0.2) is 0 Å². The van der Waals surface area contributed by atoms with Crippen LogP contribution in [0, 0.1) is 11.8 Å². The molecule has 0 spiro atoms. The average Bonchev–Trinajstić information content (AvgIpc) is 2.16. The smallest absolute Gasteiger partial charge is 0.131 e. The highest BCUT2D eigenvalue weighted by atomic mass is 16.3. The van der Waals surface area contributed by atoms with Crippen LogP contribution in [0.25, 0.3) is 0 Å². The molecule has 15 heavy (non-hydrogen) atoms. The van der Waals surface area contributed by atoms with Crippen molar-refractivity contribution in [1.82, 2.24) is 0 Å². The summed E-state index contributed by atoms with van der Waals surface area (Å²) in [5.74, 6) is 5.98. The fraction of sp³-hybridized carbons (Fsp3) is 0.308. The predicted octanol–water partition coefficient (Wildman–Crippen LogP) is 2.48. The fourth-order valence-electron chi connectivity index (χ4n) is 1.46. The van der Waals surface area contributed by atoms with Gasteiger partial charge in [-0.3, -0.25) is 4.79 Å². The second-order valence-corrected chi connectivity index (χ2v) is 3.45. The van der Waals surface area contributed by atoms with E-state index in [4.69, 9.17) is 0 Å². The van der Waals surface area contributed by atoms with Gasteiger partial charge in [-0.1, -0.05) is 18.1 Å².